The van der Waals surface area contributed by atoms with Gasteiger partial charge in [-0.15, -0.1) is 0 Å². The summed E-state index contributed by atoms with van der Waals surface area (Å²) in [6, 6.07) is 26.1. The molecular weight excluding hydrogens is 418 g/mol. The zero-order chi connectivity index (χ0) is 22.3. The maximum absolute atomic E-state index is 13.6. The molecule has 0 aromatic heterocycles. The number of hydrogen-bond acceptors (Lipinski definition) is 3. The van der Waals surface area contributed by atoms with E-state index >= 15 is 0 Å². The van der Waals surface area contributed by atoms with Gasteiger partial charge in [-0.3, -0.25) is 4.79 Å². The number of allylic oxidation sites excluding steroid dienone is 1. The van der Waals surface area contributed by atoms with E-state index in [2.05, 4.69) is 6.08 Å². The van der Waals surface area contributed by atoms with Crippen LogP contribution in [0.4, 0.5) is 0 Å². The van der Waals surface area contributed by atoms with E-state index < -0.39 is 15.4 Å². The van der Waals surface area contributed by atoms with Crippen molar-refractivity contribution in [1.82, 2.24) is 4.31 Å². The lowest BCUT2D eigenvalue weighted by atomic mass is 9.91. The molecule has 1 aliphatic carbocycles. The maximum atomic E-state index is 13.6. The second-order valence-corrected chi connectivity index (χ2v) is 10.7. The van der Waals surface area contributed by atoms with Gasteiger partial charge in [-0.1, -0.05) is 90.5 Å². The van der Waals surface area contributed by atoms with E-state index in [1.807, 2.05) is 73.7 Å². The van der Waals surface area contributed by atoms with E-state index in [1.54, 1.807) is 24.3 Å². The fourth-order valence-electron chi connectivity index (χ4n) is 5.00. The predicted molar refractivity (Wildman–Crippen MR) is 126 cm³/mol. The quantitative estimate of drug-likeness (QED) is 0.513. The lowest BCUT2D eigenvalue weighted by molar-refractivity contribution is 0.0888. The smallest absolute Gasteiger partial charge is 0.243 e. The van der Waals surface area contributed by atoms with Crippen molar-refractivity contribution < 1.29 is 13.2 Å². The summed E-state index contributed by atoms with van der Waals surface area (Å²) in [7, 11) is -3.65. The number of ketones is 1. The van der Waals surface area contributed by atoms with Crippen LogP contribution in [0.2, 0.25) is 0 Å². The van der Waals surface area contributed by atoms with Crippen LogP contribution < -0.4 is 0 Å². The van der Waals surface area contributed by atoms with E-state index in [0.717, 1.165) is 11.1 Å². The van der Waals surface area contributed by atoms with Gasteiger partial charge in [-0.2, -0.15) is 4.31 Å². The van der Waals surface area contributed by atoms with Gasteiger partial charge in [0, 0.05) is 18.7 Å². The van der Waals surface area contributed by atoms with Crippen LogP contribution in [0.5, 0.6) is 0 Å². The Balaban J connectivity index is 1.46. The molecule has 0 spiro atoms. The molecule has 1 heterocycles. The predicted octanol–water partition coefficient (Wildman–Crippen LogP) is 4.83. The van der Waals surface area contributed by atoms with Crippen LogP contribution in [0.15, 0.2) is 95.9 Å². The topological polar surface area (TPSA) is 54.5 Å². The Hall–Kier alpha value is -3.02. The summed E-state index contributed by atoms with van der Waals surface area (Å²) in [5, 5.41) is 0. The lowest BCUT2D eigenvalue weighted by Crippen LogP contribution is -2.35. The van der Waals surface area contributed by atoms with Crippen LogP contribution in [0, 0.1) is 24.2 Å². The average Bonchev–Trinajstić information content (AvgIpc) is 3.22. The maximum Gasteiger partial charge on any atom is 0.243 e. The molecule has 32 heavy (non-hydrogen) atoms. The number of nitrogens with zero attached hydrogens (tertiary/aromatic N) is 1. The fraction of sp³-hybridized carbons (Fsp3) is 0.222. The zero-order valence-electron chi connectivity index (χ0n) is 17.9. The number of carbonyl (C=O) groups is 1. The van der Waals surface area contributed by atoms with Crippen LogP contribution in [0.3, 0.4) is 0 Å². The van der Waals surface area contributed by atoms with Gasteiger partial charge in [-0.05, 0) is 36.5 Å². The third kappa shape index (κ3) is 3.42. The Morgan fingerprint density at radius 1 is 0.938 bits per heavy atom. The monoisotopic (exact) mass is 443 g/mol. The third-order valence-electron chi connectivity index (χ3n) is 6.83. The summed E-state index contributed by atoms with van der Waals surface area (Å²) in [4.78, 5) is 13.9. The first-order chi connectivity index (χ1) is 15.4. The van der Waals surface area contributed by atoms with Crippen molar-refractivity contribution in [1.29, 1.82) is 0 Å². The number of sulfonamides is 1. The lowest BCUT2D eigenvalue weighted by Gasteiger charge is -2.22. The molecule has 0 radical (unpaired) electrons. The highest BCUT2D eigenvalue weighted by molar-refractivity contribution is 7.89. The molecule has 2 fully saturated rings. The SMILES string of the molecule is Cc1ccc(S(=O)(=O)N2C[C@@H]3[C@@H](/C=C/c4ccccc4)[C@]3(C(=O)c3ccccc3)C2)cc1. The van der Waals surface area contributed by atoms with E-state index in [4.69, 9.17) is 0 Å². The van der Waals surface area contributed by atoms with Crippen molar-refractivity contribution in [2.45, 2.75) is 11.8 Å². The highest BCUT2D eigenvalue weighted by atomic mass is 32.2. The normalized spacial score (nSPS) is 25.0. The number of carbonyl (C=O) groups excluding carboxylic acids is 1. The van der Waals surface area contributed by atoms with E-state index in [-0.39, 0.29) is 29.1 Å². The van der Waals surface area contributed by atoms with Gasteiger partial charge in [0.1, 0.15) is 0 Å². The zero-order valence-corrected chi connectivity index (χ0v) is 18.7. The third-order valence-corrected chi connectivity index (χ3v) is 8.66. The molecule has 1 saturated carbocycles. The molecule has 0 amide bonds. The van der Waals surface area contributed by atoms with Crippen molar-refractivity contribution >= 4 is 21.9 Å². The van der Waals surface area contributed by atoms with Gasteiger partial charge in [0.05, 0.1) is 10.3 Å². The van der Waals surface area contributed by atoms with Crippen molar-refractivity contribution in [3.63, 3.8) is 0 Å². The van der Waals surface area contributed by atoms with Crippen LogP contribution >= 0.6 is 0 Å². The van der Waals surface area contributed by atoms with Gasteiger partial charge in [0.25, 0.3) is 0 Å². The minimum atomic E-state index is -3.65. The number of hydrogen-bond donors (Lipinski definition) is 0. The standard InChI is InChI=1S/C27H25NO3S/c1-20-12-15-23(16-13-20)32(30,31)28-18-25-24(17-14-21-8-4-2-5-9-21)27(25,19-28)26(29)22-10-6-3-7-11-22/h2-17,24-25H,18-19H2,1H3/b17-14+/t24-,25-,27-/m1/s1. The molecule has 1 saturated heterocycles. The molecule has 3 atom stereocenters. The molecular formula is C27H25NO3S. The second kappa shape index (κ2) is 7.84. The van der Waals surface area contributed by atoms with Crippen LogP contribution in [0.25, 0.3) is 6.08 Å². The largest absolute Gasteiger partial charge is 0.293 e. The van der Waals surface area contributed by atoms with Crippen LogP contribution in [0.1, 0.15) is 21.5 Å². The molecule has 2 aliphatic rings. The number of Topliss-reactive ketones (excluding diaryl/α,β-unsaturated/α-hetero) is 1. The molecule has 0 bridgehead atoms. The molecule has 4 nitrogen and oxygen atoms in total. The van der Waals surface area contributed by atoms with E-state index in [9.17, 15) is 13.2 Å². The summed E-state index contributed by atoms with van der Waals surface area (Å²) in [6.45, 7) is 2.50. The molecule has 162 valence electrons. The number of fused-ring (bicyclic) bond motifs is 1. The number of aryl methyl sites for hydroxylation is 1. The summed E-state index contributed by atoms with van der Waals surface area (Å²) in [5.41, 5.74) is 2.02. The Bertz CT molecular complexity index is 1270. The number of rotatable bonds is 6. The highest BCUT2D eigenvalue weighted by Gasteiger charge is 2.73. The van der Waals surface area contributed by atoms with Crippen molar-refractivity contribution in [3.05, 3.63) is 108 Å². The van der Waals surface area contributed by atoms with E-state index in [0.29, 0.717) is 12.1 Å². The summed E-state index contributed by atoms with van der Waals surface area (Å²) in [6.07, 6.45) is 4.14. The molecule has 5 rings (SSSR count). The Labute approximate surface area is 189 Å². The van der Waals surface area contributed by atoms with Gasteiger partial charge in [0.2, 0.25) is 10.0 Å². The molecule has 0 N–H and O–H groups in total. The Kier molecular flexibility index (Phi) is 5.11. The van der Waals surface area contributed by atoms with Gasteiger partial charge in [0.15, 0.2) is 5.78 Å². The van der Waals surface area contributed by atoms with Crippen LogP contribution in [-0.4, -0.2) is 31.6 Å². The second-order valence-electron chi connectivity index (χ2n) is 8.75. The Morgan fingerprint density at radius 3 is 2.22 bits per heavy atom. The average molecular weight is 444 g/mol. The Morgan fingerprint density at radius 2 is 1.56 bits per heavy atom. The molecule has 1 aliphatic heterocycles. The first-order valence-corrected chi connectivity index (χ1v) is 12.3. The molecule has 3 aromatic carbocycles. The van der Waals surface area contributed by atoms with Gasteiger partial charge < -0.3 is 0 Å². The minimum Gasteiger partial charge on any atom is -0.293 e. The highest BCUT2D eigenvalue weighted by Crippen LogP contribution is 2.66. The van der Waals surface area contributed by atoms with Crippen molar-refractivity contribution in [2.75, 3.05) is 13.1 Å². The first kappa shape index (κ1) is 20.9. The van der Waals surface area contributed by atoms with Crippen molar-refractivity contribution in [2.24, 2.45) is 17.3 Å². The summed E-state index contributed by atoms with van der Waals surface area (Å²) in [5.74, 6) is 0.0442. The van der Waals surface area contributed by atoms with Crippen molar-refractivity contribution in [3.8, 4) is 0 Å². The number of piperidine rings is 1. The fourth-order valence-corrected chi connectivity index (χ4v) is 6.52. The molecule has 0 unspecified atom stereocenters. The van der Waals surface area contributed by atoms with E-state index in [1.165, 1.54) is 4.31 Å². The first-order valence-electron chi connectivity index (χ1n) is 10.8. The molecule has 5 heteroatoms. The van der Waals surface area contributed by atoms with Gasteiger partial charge >= 0.3 is 0 Å². The summed E-state index contributed by atoms with van der Waals surface area (Å²) < 4.78 is 28.1. The summed E-state index contributed by atoms with van der Waals surface area (Å²) >= 11 is 0. The van der Waals surface area contributed by atoms with Gasteiger partial charge in [-0.25, -0.2) is 8.42 Å². The molecule has 3 aromatic rings. The number of benzene rings is 3. The van der Waals surface area contributed by atoms with Crippen LogP contribution in [-0.2, 0) is 10.0 Å². The minimum absolute atomic E-state index is 0.0182.